The molecule has 5 nitrogen and oxygen atoms in total. The third kappa shape index (κ3) is 4.44. The first kappa shape index (κ1) is 22.5. The Balaban J connectivity index is 1.31. The number of hydrogen-bond donors (Lipinski definition) is 0. The van der Waals surface area contributed by atoms with E-state index < -0.39 is 6.85 Å². The van der Waals surface area contributed by atoms with Gasteiger partial charge in [0.15, 0.2) is 0 Å². The van der Waals surface area contributed by atoms with Crippen LogP contribution in [0.2, 0.25) is 0 Å². The summed E-state index contributed by atoms with van der Waals surface area (Å²) in [7, 11) is 0. The number of nitrogens with zero attached hydrogens (tertiary/aromatic N) is 4. The lowest BCUT2D eigenvalue weighted by Gasteiger charge is -2.11. The summed E-state index contributed by atoms with van der Waals surface area (Å²) in [5.74, 6) is 2.11. The Bertz CT molecular complexity index is 2200. The highest BCUT2D eigenvalue weighted by molar-refractivity contribution is 6.09. The van der Waals surface area contributed by atoms with E-state index in [0.717, 1.165) is 67.8 Å². The van der Waals surface area contributed by atoms with Crippen LogP contribution in [0.5, 0.6) is 11.5 Å². The standard InChI is InChI=1S/C37H32N4O/c1-5-27-18-19-38-36(21-27)40-34-17-14-24(2)20-33(34)32-16-15-31(23-35(32)40)42-30-13-9-12-29(22-30)41-26(4)37(25(3)39-41)28-10-7-6-8-11-28/h6-23H,5H2,1-4H3/i2D3. The minimum absolute atomic E-state index is 0.307. The highest BCUT2D eigenvalue weighted by Crippen LogP contribution is 2.36. The Hall–Kier alpha value is -5.16. The first-order valence-electron chi connectivity index (χ1n) is 15.6. The quantitative estimate of drug-likeness (QED) is 0.207. The molecule has 0 saturated carbocycles. The van der Waals surface area contributed by atoms with Gasteiger partial charge in [-0.2, -0.15) is 5.10 Å². The van der Waals surface area contributed by atoms with Crippen LogP contribution in [0, 0.1) is 20.7 Å². The van der Waals surface area contributed by atoms with Gasteiger partial charge >= 0.3 is 0 Å². The van der Waals surface area contributed by atoms with Gasteiger partial charge in [-0.15, -0.1) is 0 Å². The van der Waals surface area contributed by atoms with E-state index >= 15 is 0 Å². The largest absolute Gasteiger partial charge is 0.457 e. The third-order valence-electron chi connectivity index (χ3n) is 7.84. The lowest BCUT2D eigenvalue weighted by Crippen LogP contribution is -2.00. The molecule has 0 saturated heterocycles. The maximum Gasteiger partial charge on any atom is 0.137 e. The Morgan fingerprint density at radius 1 is 0.786 bits per heavy atom. The zero-order valence-corrected chi connectivity index (χ0v) is 23.8. The summed E-state index contributed by atoms with van der Waals surface area (Å²) >= 11 is 0. The number of fused-ring (bicyclic) bond motifs is 3. The monoisotopic (exact) mass is 551 g/mol. The van der Waals surface area contributed by atoms with Gasteiger partial charge in [-0.1, -0.05) is 55.0 Å². The molecular weight excluding hydrogens is 516 g/mol. The van der Waals surface area contributed by atoms with Crippen LogP contribution in [0.4, 0.5) is 0 Å². The van der Waals surface area contributed by atoms with Crippen LogP contribution in [0.1, 0.15) is 33.6 Å². The van der Waals surface area contributed by atoms with E-state index in [9.17, 15) is 0 Å². The van der Waals surface area contributed by atoms with Crippen molar-refractivity contribution in [1.82, 2.24) is 19.3 Å². The van der Waals surface area contributed by atoms with Gasteiger partial charge in [0.2, 0.25) is 0 Å². The Morgan fingerprint density at radius 3 is 2.48 bits per heavy atom. The van der Waals surface area contributed by atoms with Crippen LogP contribution >= 0.6 is 0 Å². The second kappa shape index (κ2) is 10.3. The fourth-order valence-electron chi connectivity index (χ4n) is 5.85. The van der Waals surface area contributed by atoms with Gasteiger partial charge in [-0.25, -0.2) is 9.67 Å². The second-order valence-electron chi connectivity index (χ2n) is 10.5. The zero-order valence-electron chi connectivity index (χ0n) is 26.8. The van der Waals surface area contributed by atoms with E-state index in [4.69, 9.17) is 18.9 Å². The molecule has 42 heavy (non-hydrogen) atoms. The van der Waals surface area contributed by atoms with Gasteiger partial charge in [-0.05, 0) is 86.8 Å². The number of rotatable bonds is 6. The normalized spacial score (nSPS) is 12.8. The lowest BCUT2D eigenvalue weighted by atomic mass is 10.0. The maximum absolute atomic E-state index is 7.98. The van der Waals surface area contributed by atoms with Crippen molar-refractivity contribution < 1.29 is 8.85 Å². The average Bonchev–Trinajstić information content (AvgIpc) is 3.53. The molecule has 3 heterocycles. The molecule has 0 bridgehead atoms. The lowest BCUT2D eigenvalue weighted by molar-refractivity contribution is 0.483. The predicted octanol–water partition coefficient (Wildman–Crippen LogP) is 9.31. The number of benzene rings is 4. The molecule has 7 rings (SSSR count). The topological polar surface area (TPSA) is 44.9 Å². The summed E-state index contributed by atoms with van der Waals surface area (Å²) in [5, 5.41) is 6.65. The molecule has 0 amide bonds. The molecule has 5 heteroatoms. The van der Waals surface area contributed by atoms with Gasteiger partial charge in [0, 0.05) is 44.5 Å². The summed E-state index contributed by atoms with van der Waals surface area (Å²) in [6, 6.07) is 33.5. The van der Waals surface area contributed by atoms with Gasteiger partial charge < -0.3 is 4.74 Å². The molecule has 0 N–H and O–H groups in total. The van der Waals surface area contributed by atoms with Crippen molar-refractivity contribution in [3.63, 3.8) is 0 Å². The molecule has 0 spiro atoms. The van der Waals surface area contributed by atoms with E-state index in [1.54, 1.807) is 12.1 Å². The van der Waals surface area contributed by atoms with Gasteiger partial charge in [0.05, 0.1) is 22.4 Å². The van der Waals surface area contributed by atoms with Crippen molar-refractivity contribution in [2.45, 2.75) is 34.0 Å². The van der Waals surface area contributed by atoms with Gasteiger partial charge in [-0.3, -0.25) is 4.57 Å². The van der Waals surface area contributed by atoms with Crippen LogP contribution in [0.15, 0.2) is 109 Å². The van der Waals surface area contributed by atoms with Gasteiger partial charge in [0.25, 0.3) is 0 Å². The van der Waals surface area contributed by atoms with E-state index in [-0.39, 0.29) is 0 Å². The molecule has 0 aliphatic heterocycles. The summed E-state index contributed by atoms with van der Waals surface area (Å²) in [6.07, 6.45) is 2.69. The minimum Gasteiger partial charge on any atom is -0.457 e. The number of aryl methyl sites for hydroxylation is 3. The molecule has 0 fully saturated rings. The van der Waals surface area contributed by atoms with Crippen LogP contribution in [-0.4, -0.2) is 19.3 Å². The average molecular weight is 552 g/mol. The molecule has 206 valence electrons. The first-order valence-corrected chi connectivity index (χ1v) is 14.1. The van der Waals surface area contributed by atoms with Crippen LogP contribution in [0.3, 0.4) is 0 Å². The molecule has 3 aromatic heterocycles. The van der Waals surface area contributed by atoms with E-state index in [1.807, 2.05) is 90.6 Å². The Kier molecular flexibility index (Phi) is 5.55. The number of pyridine rings is 1. The second-order valence-corrected chi connectivity index (χ2v) is 10.5. The van der Waals surface area contributed by atoms with E-state index in [1.165, 1.54) is 0 Å². The summed E-state index contributed by atoms with van der Waals surface area (Å²) in [5.41, 5.74) is 8.43. The van der Waals surface area contributed by atoms with Crippen LogP contribution in [0.25, 0.3) is 44.4 Å². The number of hydrogen-bond acceptors (Lipinski definition) is 3. The Labute approximate surface area is 249 Å². The minimum atomic E-state index is -2.20. The molecular formula is C37H32N4O. The maximum atomic E-state index is 7.98. The summed E-state index contributed by atoms with van der Waals surface area (Å²) in [4.78, 5) is 4.70. The van der Waals surface area contributed by atoms with Crippen molar-refractivity contribution >= 4 is 21.8 Å². The fourth-order valence-corrected chi connectivity index (χ4v) is 5.85. The van der Waals surface area contributed by atoms with Crippen LogP contribution < -0.4 is 4.74 Å². The zero-order chi connectivity index (χ0) is 31.3. The van der Waals surface area contributed by atoms with Gasteiger partial charge in [0.1, 0.15) is 17.3 Å². The molecule has 0 atom stereocenters. The number of aromatic nitrogens is 4. The van der Waals surface area contributed by atoms with Crippen molar-refractivity contribution in [2.75, 3.05) is 0 Å². The molecule has 7 aromatic rings. The predicted molar refractivity (Wildman–Crippen MR) is 171 cm³/mol. The highest BCUT2D eigenvalue weighted by Gasteiger charge is 2.17. The number of ether oxygens (including phenoxy) is 1. The van der Waals surface area contributed by atoms with Crippen molar-refractivity contribution in [2.24, 2.45) is 0 Å². The summed E-state index contributed by atoms with van der Waals surface area (Å²) in [6.45, 7) is 4.03. The summed E-state index contributed by atoms with van der Waals surface area (Å²) < 4.78 is 34.4. The highest BCUT2D eigenvalue weighted by atomic mass is 16.5. The molecule has 0 radical (unpaired) electrons. The van der Waals surface area contributed by atoms with Crippen molar-refractivity contribution in [1.29, 1.82) is 0 Å². The van der Waals surface area contributed by atoms with E-state index in [0.29, 0.717) is 17.1 Å². The fraction of sp³-hybridized carbons (Fsp3) is 0.135. The molecule has 0 unspecified atom stereocenters. The van der Waals surface area contributed by atoms with E-state index in [2.05, 4.69) is 36.6 Å². The molecule has 0 aliphatic rings. The molecule has 4 aromatic carbocycles. The van der Waals surface area contributed by atoms with Crippen LogP contribution in [-0.2, 0) is 6.42 Å². The Morgan fingerprint density at radius 2 is 1.64 bits per heavy atom. The smallest absolute Gasteiger partial charge is 0.137 e. The molecule has 0 aliphatic carbocycles. The first-order chi connectivity index (χ1) is 21.7. The SMILES string of the molecule is [2H]C([2H])([2H])c1ccc2c(c1)c1ccc(Oc3cccc(-n4nc(C)c(-c5ccccc5)c4C)c3)cc1n2-c1cc(CC)ccn1. The third-order valence-corrected chi connectivity index (χ3v) is 7.84. The van der Waals surface area contributed by atoms with Crippen molar-refractivity contribution in [3.05, 3.63) is 132 Å². The van der Waals surface area contributed by atoms with Crippen molar-refractivity contribution in [3.8, 4) is 34.1 Å².